The number of para-hydroxylation sites is 2. The molecule has 2 aromatic carbocycles. The van der Waals surface area contributed by atoms with Gasteiger partial charge in [0.25, 0.3) is 11.8 Å². The van der Waals surface area contributed by atoms with Gasteiger partial charge in [-0.1, -0.05) is 31.2 Å². The van der Waals surface area contributed by atoms with Crippen LogP contribution in [0.4, 0.5) is 15.1 Å². The molecule has 1 aliphatic rings. The number of hydrogen-bond acceptors (Lipinski definition) is 4. The van der Waals surface area contributed by atoms with Crippen LogP contribution in [0.15, 0.2) is 48.5 Å². The van der Waals surface area contributed by atoms with Gasteiger partial charge in [0.05, 0.1) is 23.4 Å². The third-order valence-electron chi connectivity index (χ3n) is 5.52. The molecule has 1 heterocycles. The molecule has 2 N–H and O–H groups in total. The lowest BCUT2D eigenvalue weighted by Gasteiger charge is -2.19. The standard InChI is InChI=1S/C25H25FN2O3S/c1-3-31-20-11-7-6-10-19(20)27-24(30)22-17-13-12-15(2)14-21(17)32-25(22)28-23(29)16-8-4-5-9-18(16)26/h4-11,15H,3,12-14H2,1-2H3,(H,27,30)(H,28,29). The van der Waals surface area contributed by atoms with E-state index < -0.39 is 11.7 Å². The van der Waals surface area contributed by atoms with Gasteiger partial charge in [-0.25, -0.2) is 4.39 Å². The van der Waals surface area contributed by atoms with Gasteiger partial charge in [0.15, 0.2) is 0 Å². The zero-order valence-corrected chi connectivity index (χ0v) is 18.9. The fourth-order valence-electron chi connectivity index (χ4n) is 3.93. The van der Waals surface area contributed by atoms with Gasteiger partial charge in [-0.15, -0.1) is 11.3 Å². The van der Waals surface area contributed by atoms with Gasteiger partial charge in [0.1, 0.15) is 16.6 Å². The van der Waals surface area contributed by atoms with Crippen molar-refractivity contribution in [1.29, 1.82) is 0 Å². The summed E-state index contributed by atoms with van der Waals surface area (Å²) in [5.74, 6) is -0.396. The molecule has 3 aromatic rings. The third-order valence-corrected chi connectivity index (χ3v) is 6.69. The first-order valence-corrected chi connectivity index (χ1v) is 11.5. The number of nitrogens with one attached hydrogen (secondary N) is 2. The first kappa shape index (κ1) is 22.0. The fraction of sp³-hybridized carbons (Fsp3) is 0.280. The van der Waals surface area contributed by atoms with E-state index in [-0.39, 0.29) is 11.5 Å². The van der Waals surface area contributed by atoms with E-state index in [1.165, 1.54) is 29.5 Å². The molecule has 166 valence electrons. The van der Waals surface area contributed by atoms with Gasteiger partial charge in [-0.3, -0.25) is 9.59 Å². The van der Waals surface area contributed by atoms with Crippen molar-refractivity contribution in [1.82, 2.24) is 0 Å². The summed E-state index contributed by atoms with van der Waals surface area (Å²) in [6, 6.07) is 13.1. The molecule has 4 rings (SSSR count). The smallest absolute Gasteiger partial charge is 0.259 e. The van der Waals surface area contributed by atoms with E-state index in [0.29, 0.717) is 34.5 Å². The van der Waals surface area contributed by atoms with Crippen molar-refractivity contribution in [3.63, 3.8) is 0 Å². The predicted molar refractivity (Wildman–Crippen MR) is 125 cm³/mol. The van der Waals surface area contributed by atoms with E-state index in [4.69, 9.17) is 4.74 Å². The molecule has 1 aromatic heterocycles. The van der Waals surface area contributed by atoms with Crippen LogP contribution in [0.1, 0.15) is 51.4 Å². The summed E-state index contributed by atoms with van der Waals surface area (Å²) in [6.45, 7) is 4.53. The lowest BCUT2D eigenvalue weighted by molar-refractivity contribution is 0.102. The average molecular weight is 453 g/mol. The highest BCUT2D eigenvalue weighted by Gasteiger charge is 2.29. The zero-order chi connectivity index (χ0) is 22.7. The van der Waals surface area contributed by atoms with Gasteiger partial charge in [0.2, 0.25) is 0 Å². The van der Waals surface area contributed by atoms with E-state index in [2.05, 4.69) is 17.6 Å². The Kier molecular flexibility index (Phi) is 6.55. The van der Waals surface area contributed by atoms with Gasteiger partial charge in [0, 0.05) is 4.88 Å². The number of rotatable bonds is 6. The Morgan fingerprint density at radius 1 is 1.09 bits per heavy atom. The minimum absolute atomic E-state index is 0.0553. The summed E-state index contributed by atoms with van der Waals surface area (Å²) < 4.78 is 19.8. The predicted octanol–water partition coefficient (Wildman–Crippen LogP) is 5.92. The van der Waals surface area contributed by atoms with Crippen LogP contribution in [-0.4, -0.2) is 18.4 Å². The van der Waals surface area contributed by atoms with Gasteiger partial charge in [-0.05, 0) is 61.9 Å². The van der Waals surface area contributed by atoms with Crippen molar-refractivity contribution < 1.29 is 18.7 Å². The second kappa shape index (κ2) is 9.53. The molecule has 1 aliphatic carbocycles. The van der Waals surface area contributed by atoms with Crippen LogP contribution in [0, 0.1) is 11.7 Å². The van der Waals surface area contributed by atoms with E-state index in [9.17, 15) is 14.0 Å². The second-order valence-corrected chi connectivity index (χ2v) is 8.98. The molecule has 0 saturated heterocycles. The van der Waals surface area contributed by atoms with Crippen LogP contribution < -0.4 is 15.4 Å². The largest absolute Gasteiger partial charge is 0.492 e. The van der Waals surface area contributed by atoms with Crippen molar-refractivity contribution in [2.75, 3.05) is 17.2 Å². The number of carbonyl (C=O) groups is 2. The zero-order valence-electron chi connectivity index (χ0n) is 18.0. The maximum atomic E-state index is 14.1. The second-order valence-electron chi connectivity index (χ2n) is 7.87. The van der Waals surface area contributed by atoms with Crippen molar-refractivity contribution in [2.24, 2.45) is 5.92 Å². The maximum Gasteiger partial charge on any atom is 0.259 e. The van der Waals surface area contributed by atoms with Crippen LogP contribution >= 0.6 is 11.3 Å². The molecule has 5 nitrogen and oxygen atoms in total. The number of thiophene rings is 1. The quantitative estimate of drug-likeness (QED) is 0.488. The molecule has 1 unspecified atom stereocenters. The highest BCUT2D eigenvalue weighted by molar-refractivity contribution is 7.17. The molecule has 0 saturated carbocycles. The van der Waals surface area contributed by atoms with Crippen molar-refractivity contribution in [2.45, 2.75) is 33.1 Å². The minimum atomic E-state index is -0.600. The molecule has 0 spiro atoms. The fourth-order valence-corrected chi connectivity index (χ4v) is 5.33. The number of hydrogen-bond donors (Lipinski definition) is 2. The highest BCUT2D eigenvalue weighted by Crippen LogP contribution is 2.40. The number of carbonyl (C=O) groups excluding carboxylic acids is 2. The Morgan fingerprint density at radius 3 is 2.62 bits per heavy atom. The van der Waals surface area contributed by atoms with Crippen molar-refractivity contribution >= 4 is 33.8 Å². The molecule has 0 aliphatic heterocycles. The van der Waals surface area contributed by atoms with E-state index in [1.807, 2.05) is 19.1 Å². The number of fused-ring (bicyclic) bond motifs is 1. The summed E-state index contributed by atoms with van der Waals surface area (Å²) in [6.07, 6.45) is 2.59. The van der Waals surface area contributed by atoms with E-state index in [0.717, 1.165) is 29.7 Å². The van der Waals surface area contributed by atoms with Gasteiger partial charge >= 0.3 is 0 Å². The summed E-state index contributed by atoms with van der Waals surface area (Å²) in [5, 5.41) is 6.18. The SMILES string of the molecule is CCOc1ccccc1NC(=O)c1c(NC(=O)c2ccccc2F)sc2c1CCC(C)C2. The Morgan fingerprint density at radius 2 is 1.84 bits per heavy atom. The molecule has 1 atom stereocenters. The Labute approximate surface area is 190 Å². The lowest BCUT2D eigenvalue weighted by atomic mass is 9.88. The van der Waals surface area contributed by atoms with Gasteiger partial charge in [-0.2, -0.15) is 0 Å². The number of anilines is 2. The molecule has 0 radical (unpaired) electrons. The highest BCUT2D eigenvalue weighted by atomic mass is 32.1. The summed E-state index contributed by atoms with van der Waals surface area (Å²) in [7, 11) is 0. The summed E-state index contributed by atoms with van der Waals surface area (Å²) in [4.78, 5) is 27.3. The normalized spacial score (nSPS) is 15.0. The molecule has 0 bridgehead atoms. The molecule has 2 amide bonds. The topological polar surface area (TPSA) is 67.4 Å². The molecular formula is C25H25FN2O3S. The molecule has 7 heteroatoms. The van der Waals surface area contributed by atoms with E-state index in [1.54, 1.807) is 18.2 Å². The summed E-state index contributed by atoms with van der Waals surface area (Å²) in [5.41, 5.74) is 1.92. The average Bonchev–Trinajstić information content (AvgIpc) is 3.12. The minimum Gasteiger partial charge on any atom is -0.492 e. The lowest BCUT2D eigenvalue weighted by Crippen LogP contribution is -2.20. The Bertz CT molecular complexity index is 1160. The number of amides is 2. The first-order chi connectivity index (χ1) is 15.5. The van der Waals surface area contributed by atoms with Crippen LogP contribution in [0.5, 0.6) is 5.75 Å². The van der Waals surface area contributed by atoms with Crippen LogP contribution in [0.2, 0.25) is 0 Å². The molecule has 0 fully saturated rings. The first-order valence-electron chi connectivity index (χ1n) is 10.7. The summed E-state index contributed by atoms with van der Waals surface area (Å²) >= 11 is 1.40. The van der Waals surface area contributed by atoms with E-state index >= 15 is 0 Å². The maximum absolute atomic E-state index is 14.1. The van der Waals surface area contributed by atoms with Crippen molar-refractivity contribution in [3.05, 3.63) is 75.9 Å². The van der Waals surface area contributed by atoms with Crippen LogP contribution in [0.25, 0.3) is 0 Å². The Hall–Kier alpha value is -3.19. The third kappa shape index (κ3) is 4.53. The molecule has 32 heavy (non-hydrogen) atoms. The molecular weight excluding hydrogens is 427 g/mol. The van der Waals surface area contributed by atoms with Crippen LogP contribution in [-0.2, 0) is 12.8 Å². The Balaban J connectivity index is 1.68. The van der Waals surface area contributed by atoms with Gasteiger partial charge < -0.3 is 15.4 Å². The van der Waals surface area contributed by atoms with Crippen LogP contribution in [0.3, 0.4) is 0 Å². The number of benzene rings is 2. The monoisotopic (exact) mass is 452 g/mol. The number of halogens is 1. The van der Waals surface area contributed by atoms with Crippen molar-refractivity contribution in [3.8, 4) is 5.75 Å². The number of ether oxygens (including phenoxy) is 1.